The van der Waals surface area contributed by atoms with E-state index in [4.69, 9.17) is 5.73 Å². The van der Waals surface area contributed by atoms with Crippen molar-refractivity contribution in [3.8, 4) is 6.07 Å². The van der Waals surface area contributed by atoms with Crippen LogP contribution in [0.5, 0.6) is 0 Å². The molecule has 9 nitrogen and oxygen atoms in total. The zero-order chi connectivity index (χ0) is 21.3. The minimum absolute atomic E-state index is 0.0958. The molecule has 29 heavy (non-hydrogen) atoms. The number of nitrogens with zero attached hydrogens (tertiary/aromatic N) is 4. The highest BCUT2D eigenvalue weighted by atomic mass is 32.2. The molecule has 1 aliphatic rings. The van der Waals surface area contributed by atoms with Crippen LogP contribution in [0.3, 0.4) is 0 Å². The van der Waals surface area contributed by atoms with E-state index >= 15 is 0 Å². The molecule has 0 atom stereocenters. The van der Waals surface area contributed by atoms with Crippen molar-refractivity contribution in [3.63, 3.8) is 0 Å². The third kappa shape index (κ3) is 3.66. The van der Waals surface area contributed by atoms with Crippen LogP contribution in [0.15, 0.2) is 23.1 Å². The lowest BCUT2D eigenvalue weighted by atomic mass is 10.0. The molecular weight excluding hydrogens is 414 g/mol. The van der Waals surface area contributed by atoms with Crippen molar-refractivity contribution in [1.29, 1.82) is 5.26 Å². The zero-order valence-corrected chi connectivity index (χ0v) is 17.7. The Balaban J connectivity index is 2.01. The molecule has 0 radical (unpaired) electrons. The van der Waals surface area contributed by atoms with Gasteiger partial charge in [0.25, 0.3) is 5.69 Å². The summed E-state index contributed by atoms with van der Waals surface area (Å²) in [6, 6.07) is 6.15. The molecule has 0 saturated carbocycles. The van der Waals surface area contributed by atoms with E-state index in [1.807, 2.05) is 4.90 Å². The van der Waals surface area contributed by atoms with Crippen molar-refractivity contribution in [2.24, 2.45) is 0 Å². The molecule has 3 rings (SSSR count). The Morgan fingerprint density at radius 2 is 2.07 bits per heavy atom. The molecule has 0 saturated heterocycles. The summed E-state index contributed by atoms with van der Waals surface area (Å²) in [5.74, 6) is 0. The van der Waals surface area contributed by atoms with Crippen LogP contribution in [0, 0.1) is 21.4 Å². The Bertz CT molecular complexity index is 1100. The number of nitro benzene ring substituents is 1. The summed E-state index contributed by atoms with van der Waals surface area (Å²) < 4.78 is 26.7. The van der Waals surface area contributed by atoms with Crippen molar-refractivity contribution in [1.82, 2.24) is 4.31 Å². The van der Waals surface area contributed by atoms with Gasteiger partial charge in [-0.2, -0.15) is 9.57 Å². The molecule has 0 fully saturated rings. The maximum Gasteiger partial charge on any atom is 0.293 e. The van der Waals surface area contributed by atoms with Crippen molar-refractivity contribution < 1.29 is 13.3 Å². The van der Waals surface area contributed by atoms with Crippen molar-refractivity contribution in [2.45, 2.75) is 31.7 Å². The fourth-order valence-electron chi connectivity index (χ4n) is 3.54. The molecule has 2 N–H and O–H groups in total. The van der Waals surface area contributed by atoms with Gasteiger partial charge in [0.1, 0.15) is 16.8 Å². The Morgan fingerprint density at radius 1 is 1.38 bits per heavy atom. The quantitative estimate of drug-likeness (QED) is 0.544. The van der Waals surface area contributed by atoms with Crippen LogP contribution >= 0.6 is 11.3 Å². The van der Waals surface area contributed by atoms with E-state index in [1.165, 1.54) is 27.8 Å². The van der Waals surface area contributed by atoms with E-state index in [2.05, 4.69) is 6.07 Å². The largest absolute Gasteiger partial charge is 0.389 e. The number of hydrogen-bond donors (Lipinski definition) is 1. The second-order valence-corrected chi connectivity index (χ2v) is 9.60. The number of nitrogens with two attached hydrogens (primary N) is 1. The number of sulfonamides is 1. The standard InChI is InChI=1S/C18H21N5O4S2/c1-3-22(4-2)29(26,27)12-5-6-15(16(9-12)23(24)25)21-8-7-13-14(10-19)18(20)28-17(13)11-21/h5-6,9H,3-4,7-8,11,20H2,1-2H3. The Kier molecular flexibility index (Phi) is 5.79. The summed E-state index contributed by atoms with van der Waals surface area (Å²) in [5, 5.41) is 21.4. The van der Waals surface area contributed by atoms with Gasteiger partial charge in [-0.25, -0.2) is 8.42 Å². The zero-order valence-electron chi connectivity index (χ0n) is 16.1. The Labute approximate surface area is 173 Å². The Morgan fingerprint density at radius 3 is 2.66 bits per heavy atom. The van der Waals surface area contributed by atoms with Crippen LogP contribution in [-0.2, 0) is 23.0 Å². The Hall–Kier alpha value is -2.68. The minimum Gasteiger partial charge on any atom is -0.389 e. The molecule has 11 heteroatoms. The van der Waals surface area contributed by atoms with Gasteiger partial charge in [-0.3, -0.25) is 10.1 Å². The highest BCUT2D eigenvalue weighted by Crippen LogP contribution is 2.39. The maximum absolute atomic E-state index is 12.7. The molecule has 154 valence electrons. The predicted octanol–water partition coefficient (Wildman–Crippen LogP) is 2.70. The van der Waals surface area contributed by atoms with E-state index in [0.717, 1.165) is 16.5 Å². The number of nitriles is 1. The normalized spacial score (nSPS) is 13.9. The second kappa shape index (κ2) is 7.98. The van der Waals surface area contributed by atoms with Crippen molar-refractivity contribution in [3.05, 3.63) is 44.3 Å². The molecule has 2 heterocycles. The van der Waals surface area contributed by atoms with Gasteiger partial charge in [-0.1, -0.05) is 13.8 Å². The highest BCUT2D eigenvalue weighted by Gasteiger charge is 2.30. The van der Waals surface area contributed by atoms with Gasteiger partial charge in [0.2, 0.25) is 10.0 Å². The van der Waals surface area contributed by atoms with E-state index in [9.17, 15) is 23.8 Å². The smallest absolute Gasteiger partial charge is 0.293 e. The molecule has 0 amide bonds. The molecule has 1 aromatic heterocycles. The topological polar surface area (TPSA) is 134 Å². The van der Waals surface area contributed by atoms with Crippen LogP contribution < -0.4 is 10.6 Å². The van der Waals surface area contributed by atoms with E-state index in [1.54, 1.807) is 13.8 Å². The fourth-order valence-corrected chi connectivity index (χ4v) is 6.11. The lowest BCUT2D eigenvalue weighted by molar-refractivity contribution is -0.384. The minimum atomic E-state index is -3.80. The lowest BCUT2D eigenvalue weighted by Crippen LogP contribution is -2.31. The van der Waals surface area contributed by atoms with Gasteiger partial charge >= 0.3 is 0 Å². The summed E-state index contributed by atoms with van der Waals surface area (Å²) in [7, 11) is -3.80. The van der Waals surface area contributed by atoms with Gasteiger partial charge in [0.05, 0.1) is 21.9 Å². The molecule has 1 aliphatic heterocycles. The number of benzene rings is 1. The molecular formula is C18H21N5O4S2. The first kappa shape index (κ1) is 21.0. The third-order valence-electron chi connectivity index (χ3n) is 5.02. The third-order valence-corrected chi connectivity index (χ3v) is 8.12. The average molecular weight is 436 g/mol. The summed E-state index contributed by atoms with van der Waals surface area (Å²) in [6.07, 6.45) is 0.544. The number of fused-ring (bicyclic) bond motifs is 1. The summed E-state index contributed by atoms with van der Waals surface area (Å²) in [5.41, 5.74) is 7.39. The van der Waals surface area contributed by atoms with E-state index in [0.29, 0.717) is 35.8 Å². The number of nitrogen functional groups attached to an aromatic ring is 1. The highest BCUT2D eigenvalue weighted by molar-refractivity contribution is 7.89. The first-order valence-corrected chi connectivity index (χ1v) is 11.3. The van der Waals surface area contributed by atoms with Crippen LogP contribution in [-0.4, -0.2) is 37.3 Å². The van der Waals surface area contributed by atoms with Gasteiger partial charge in [-0.15, -0.1) is 11.3 Å². The lowest BCUT2D eigenvalue weighted by Gasteiger charge is -2.29. The van der Waals surface area contributed by atoms with Gasteiger partial charge in [0.15, 0.2) is 0 Å². The van der Waals surface area contributed by atoms with Crippen molar-refractivity contribution in [2.75, 3.05) is 30.3 Å². The second-order valence-electron chi connectivity index (χ2n) is 6.52. The SMILES string of the molecule is CCN(CC)S(=O)(=O)c1ccc(N2CCc3c(sc(N)c3C#N)C2)c([N+](=O)[O-])c1. The summed E-state index contributed by atoms with van der Waals surface area (Å²) in [4.78, 5) is 13.8. The number of nitro groups is 1. The average Bonchev–Trinajstić information content (AvgIpc) is 3.02. The molecule has 0 aliphatic carbocycles. The summed E-state index contributed by atoms with van der Waals surface area (Å²) in [6.45, 7) is 4.86. The number of thiophene rings is 1. The van der Waals surface area contributed by atoms with Gasteiger partial charge < -0.3 is 10.6 Å². The predicted molar refractivity (Wildman–Crippen MR) is 111 cm³/mol. The first-order chi connectivity index (χ1) is 13.7. The molecule has 1 aromatic carbocycles. The van der Waals surface area contributed by atoms with Gasteiger partial charge in [0, 0.05) is 30.6 Å². The molecule has 0 bridgehead atoms. The van der Waals surface area contributed by atoms with Crippen molar-refractivity contribution >= 4 is 37.7 Å². The fraction of sp³-hybridized carbons (Fsp3) is 0.389. The van der Waals surface area contributed by atoms with E-state index in [-0.39, 0.29) is 23.7 Å². The molecule has 0 spiro atoms. The van der Waals surface area contributed by atoms with E-state index < -0.39 is 14.9 Å². The van der Waals surface area contributed by atoms with Crippen LogP contribution in [0.2, 0.25) is 0 Å². The molecule has 2 aromatic rings. The first-order valence-electron chi connectivity index (χ1n) is 9.08. The molecule has 0 unspecified atom stereocenters. The number of hydrogen-bond acceptors (Lipinski definition) is 8. The summed E-state index contributed by atoms with van der Waals surface area (Å²) >= 11 is 1.31. The van der Waals surface area contributed by atoms with Gasteiger partial charge in [-0.05, 0) is 24.1 Å². The number of anilines is 2. The monoisotopic (exact) mass is 435 g/mol. The van der Waals surface area contributed by atoms with Crippen LogP contribution in [0.1, 0.15) is 29.9 Å². The maximum atomic E-state index is 12.7. The van der Waals surface area contributed by atoms with Crippen LogP contribution in [0.25, 0.3) is 0 Å². The van der Waals surface area contributed by atoms with Crippen LogP contribution in [0.4, 0.5) is 16.4 Å². The number of rotatable bonds is 6.